The van der Waals surface area contributed by atoms with Gasteiger partial charge in [0.2, 0.25) is 0 Å². The van der Waals surface area contributed by atoms with Gasteiger partial charge in [-0.2, -0.15) is 26.3 Å². The third kappa shape index (κ3) is 3.06. The van der Waals surface area contributed by atoms with Gasteiger partial charge in [-0.25, -0.2) is 4.79 Å². The molecule has 0 aliphatic rings. The van der Waals surface area contributed by atoms with Gasteiger partial charge in [0.25, 0.3) is 0 Å². The fourth-order valence-electron chi connectivity index (χ4n) is 1.24. The van der Waals surface area contributed by atoms with E-state index in [0.717, 1.165) is 22.6 Å². The predicted octanol–water partition coefficient (Wildman–Crippen LogP) is 4.03. The number of halogens is 7. The van der Waals surface area contributed by atoms with Crippen LogP contribution in [0.1, 0.15) is 21.5 Å². The molecule has 0 unspecified atom stereocenters. The quantitative estimate of drug-likeness (QED) is 0.587. The smallest absolute Gasteiger partial charge is 0.418 e. The van der Waals surface area contributed by atoms with Crippen LogP contribution in [0.5, 0.6) is 0 Å². The van der Waals surface area contributed by atoms with Gasteiger partial charge in [-0.1, -0.05) is 0 Å². The molecule has 0 amide bonds. The lowest BCUT2D eigenvalue weighted by Gasteiger charge is -2.17. The van der Waals surface area contributed by atoms with E-state index in [-0.39, 0.29) is 6.07 Å². The maximum Gasteiger partial charge on any atom is 0.418 e. The van der Waals surface area contributed by atoms with Crippen LogP contribution in [0.15, 0.2) is 12.1 Å². The first kappa shape index (κ1) is 15.1. The van der Waals surface area contributed by atoms with Crippen molar-refractivity contribution < 1.29 is 36.2 Å². The van der Waals surface area contributed by atoms with Gasteiger partial charge in [0.15, 0.2) is 0 Å². The number of hydrogen-bond acceptors (Lipinski definition) is 1. The fraction of sp³-hybridized carbons (Fsp3) is 0.222. The predicted molar refractivity (Wildman–Crippen MR) is 56.1 cm³/mol. The van der Waals surface area contributed by atoms with Crippen LogP contribution < -0.4 is 0 Å². The molecular weight excluding hydrogens is 381 g/mol. The number of carboxylic acid groups (broad SMARTS) is 1. The van der Waals surface area contributed by atoms with Crippen molar-refractivity contribution in [1.29, 1.82) is 0 Å². The highest BCUT2D eigenvalue weighted by Crippen LogP contribution is 2.43. The molecule has 18 heavy (non-hydrogen) atoms. The Hall–Kier alpha value is -1.00. The molecule has 0 heterocycles. The summed E-state index contributed by atoms with van der Waals surface area (Å²) < 4.78 is 74.3. The maximum absolute atomic E-state index is 12.5. The molecule has 1 aromatic carbocycles. The zero-order valence-corrected chi connectivity index (χ0v) is 10.3. The number of alkyl halides is 6. The molecule has 0 aromatic heterocycles. The van der Waals surface area contributed by atoms with Crippen LogP contribution in [-0.4, -0.2) is 11.1 Å². The molecule has 0 atom stereocenters. The molecule has 1 aromatic rings. The Morgan fingerprint density at radius 1 is 1.06 bits per heavy atom. The zero-order valence-electron chi connectivity index (χ0n) is 8.16. The first-order valence-electron chi connectivity index (χ1n) is 4.16. The van der Waals surface area contributed by atoms with E-state index >= 15 is 0 Å². The average Bonchev–Trinajstić information content (AvgIpc) is 2.12. The van der Waals surface area contributed by atoms with Gasteiger partial charge in [0.05, 0.1) is 16.7 Å². The summed E-state index contributed by atoms with van der Waals surface area (Å²) in [5.74, 6) is -1.73. The van der Waals surface area contributed by atoms with Crippen molar-refractivity contribution in [2.45, 2.75) is 12.4 Å². The third-order valence-corrected chi connectivity index (χ3v) is 2.78. The van der Waals surface area contributed by atoms with Crippen molar-refractivity contribution >= 4 is 28.6 Å². The van der Waals surface area contributed by atoms with Crippen LogP contribution in [0.3, 0.4) is 0 Å². The molecule has 100 valence electrons. The van der Waals surface area contributed by atoms with E-state index in [0.29, 0.717) is 6.07 Å². The van der Waals surface area contributed by atoms with Crippen LogP contribution in [0.25, 0.3) is 0 Å². The van der Waals surface area contributed by atoms with Crippen LogP contribution in [0, 0.1) is 3.57 Å². The molecule has 2 nitrogen and oxygen atoms in total. The van der Waals surface area contributed by atoms with Crippen molar-refractivity contribution in [3.05, 3.63) is 32.4 Å². The lowest BCUT2D eigenvalue weighted by atomic mass is 10.0. The number of aromatic carboxylic acids is 1. The second kappa shape index (κ2) is 4.59. The third-order valence-electron chi connectivity index (χ3n) is 1.93. The summed E-state index contributed by atoms with van der Waals surface area (Å²) >= 11 is 1.03. The highest BCUT2D eigenvalue weighted by atomic mass is 127. The maximum atomic E-state index is 12.5. The summed E-state index contributed by atoms with van der Waals surface area (Å²) in [6.45, 7) is 0. The average molecular weight is 384 g/mol. The van der Waals surface area contributed by atoms with E-state index in [2.05, 4.69) is 0 Å². The van der Waals surface area contributed by atoms with E-state index in [1.807, 2.05) is 0 Å². The molecular formula is C9H3F6IO2. The number of hydrogen-bond donors (Lipinski definition) is 1. The largest absolute Gasteiger partial charge is 0.478 e. The number of rotatable bonds is 1. The van der Waals surface area contributed by atoms with Gasteiger partial charge in [0, 0.05) is 3.57 Å². The molecule has 0 aliphatic carbocycles. The summed E-state index contributed by atoms with van der Waals surface area (Å²) in [5, 5.41) is 8.54. The van der Waals surface area contributed by atoms with Crippen LogP contribution in [0.4, 0.5) is 26.3 Å². The molecule has 0 bridgehead atoms. The minimum absolute atomic E-state index is 0.0205. The van der Waals surface area contributed by atoms with Gasteiger partial charge in [0.1, 0.15) is 0 Å². The van der Waals surface area contributed by atoms with Crippen molar-refractivity contribution in [3.8, 4) is 0 Å². The fourth-order valence-corrected chi connectivity index (χ4v) is 2.17. The Bertz CT molecular complexity index is 491. The van der Waals surface area contributed by atoms with E-state index in [1.165, 1.54) is 0 Å². The van der Waals surface area contributed by atoms with Gasteiger partial charge in [-0.3, -0.25) is 0 Å². The second-order valence-corrected chi connectivity index (χ2v) is 4.34. The van der Waals surface area contributed by atoms with Crippen LogP contribution in [0.2, 0.25) is 0 Å². The highest BCUT2D eigenvalue weighted by molar-refractivity contribution is 14.1. The molecule has 0 fully saturated rings. The monoisotopic (exact) mass is 384 g/mol. The summed E-state index contributed by atoms with van der Waals surface area (Å²) in [4.78, 5) is 10.5. The molecule has 9 heteroatoms. The Labute approximate surface area is 110 Å². The Balaban J connectivity index is 3.67. The minimum atomic E-state index is -5.28. The van der Waals surface area contributed by atoms with Crippen molar-refractivity contribution in [1.82, 2.24) is 0 Å². The minimum Gasteiger partial charge on any atom is -0.478 e. The molecule has 0 radical (unpaired) electrons. The van der Waals surface area contributed by atoms with Gasteiger partial charge < -0.3 is 5.11 Å². The first-order valence-corrected chi connectivity index (χ1v) is 5.23. The first-order chi connectivity index (χ1) is 7.94. The number of carbonyl (C=O) groups is 1. The van der Waals surface area contributed by atoms with Crippen molar-refractivity contribution in [2.75, 3.05) is 0 Å². The van der Waals surface area contributed by atoms with Crippen molar-refractivity contribution in [3.63, 3.8) is 0 Å². The van der Waals surface area contributed by atoms with Gasteiger partial charge in [-0.05, 0) is 34.7 Å². The highest BCUT2D eigenvalue weighted by Gasteiger charge is 2.45. The summed E-state index contributed by atoms with van der Waals surface area (Å²) in [6.07, 6.45) is -10.5. The number of carboxylic acids is 1. The summed E-state index contributed by atoms with van der Waals surface area (Å²) in [6, 6.07) is 0.522. The standard InChI is InChI=1S/C9H3F6IO2/c10-8(11,12)4-1-3(7(17)18)2-5(16)6(4)9(13,14)15/h1-2H,(H,17,18). The van der Waals surface area contributed by atoms with Crippen LogP contribution in [-0.2, 0) is 12.4 Å². The van der Waals surface area contributed by atoms with E-state index in [4.69, 9.17) is 5.11 Å². The lowest BCUT2D eigenvalue weighted by molar-refractivity contribution is -0.162. The summed E-state index contributed by atoms with van der Waals surface area (Å²) in [7, 11) is 0. The normalized spacial score (nSPS) is 12.6. The summed E-state index contributed by atoms with van der Waals surface area (Å²) in [5.41, 5.74) is -4.72. The SMILES string of the molecule is O=C(O)c1cc(I)c(C(F)(F)F)c(C(F)(F)F)c1. The topological polar surface area (TPSA) is 37.3 Å². The van der Waals surface area contributed by atoms with Crippen LogP contribution >= 0.6 is 22.6 Å². The Kier molecular flexibility index (Phi) is 3.84. The molecule has 1 rings (SSSR count). The van der Waals surface area contributed by atoms with E-state index < -0.39 is 38.6 Å². The van der Waals surface area contributed by atoms with Gasteiger partial charge >= 0.3 is 18.3 Å². The van der Waals surface area contributed by atoms with Gasteiger partial charge in [-0.15, -0.1) is 0 Å². The Morgan fingerprint density at radius 2 is 1.56 bits per heavy atom. The molecule has 0 saturated heterocycles. The molecule has 0 spiro atoms. The van der Waals surface area contributed by atoms with E-state index in [1.54, 1.807) is 0 Å². The zero-order chi connectivity index (χ0) is 14.3. The molecule has 1 N–H and O–H groups in total. The molecule has 0 aliphatic heterocycles. The van der Waals surface area contributed by atoms with E-state index in [9.17, 15) is 31.1 Å². The molecule has 0 saturated carbocycles. The Morgan fingerprint density at radius 3 is 1.89 bits per heavy atom. The number of benzene rings is 1. The lowest BCUT2D eigenvalue weighted by Crippen LogP contribution is -2.19. The van der Waals surface area contributed by atoms with Crippen molar-refractivity contribution in [2.24, 2.45) is 0 Å². The second-order valence-electron chi connectivity index (χ2n) is 3.18.